The molecule has 0 radical (unpaired) electrons. The highest BCUT2D eigenvalue weighted by atomic mass is 16.1. The molecule has 16 heavy (non-hydrogen) atoms. The minimum Gasteiger partial charge on any atom is -0.356 e. The summed E-state index contributed by atoms with van der Waals surface area (Å²) in [5.74, 6) is 0.830. The minimum absolute atomic E-state index is 0.143. The molecule has 0 heterocycles. The third kappa shape index (κ3) is 4.12. The largest absolute Gasteiger partial charge is 0.356 e. The average molecular weight is 226 g/mol. The molecule has 3 nitrogen and oxygen atoms in total. The van der Waals surface area contributed by atoms with Gasteiger partial charge >= 0.3 is 0 Å². The number of amides is 1. The molecule has 0 saturated heterocycles. The van der Waals surface area contributed by atoms with E-state index in [-0.39, 0.29) is 17.9 Å². The summed E-state index contributed by atoms with van der Waals surface area (Å²) in [6.45, 7) is 4.88. The summed E-state index contributed by atoms with van der Waals surface area (Å²) in [7, 11) is 0. The quantitative estimate of drug-likeness (QED) is 0.754. The molecule has 0 spiro atoms. The second kappa shape index (κ2) is 6.89. The molecule has 1 saturated carbocycles. The van der Waals surface area contributed by atoms with Crippen LogP contribution >= 0.6 is 0 Å². The predicted molar refractivity (Wildman–Crippen MR) is 67.0 cm³/mol. The lowest BCUT2D eigenvalue weighted by atomic mass is 9.85. The standard InChI is InChI=1S/C13H26N2O/c1-3-6-10(2)13(16)15-9-11-7-4-5-8-12(11)14/h10-12H,3-9,14H2,1-2H3,(H,15,16). The van der Waals surface area contributed by atoms with Crippen LogP contribution in [0.3, 0.4) is 0 Å². The van der Waals surface area contributed by atoms with E-state index in [1.807, 2.05) is 6.92 Å². The highest BCUT2D eigenvalue weighted by Crippen LogP contribution is 2.22. The van der Waals surface area contributed by atoms with Gasteiger partial charge in [0.2, 0.25) is 5.91 Å². The Balaban J connectivity index is 2.24. The number of carbonyl (C=O) groups excluding carboxylic acids is 1. The number of nitrogens with one attached hydrogen (secondary N) is 1. The second-order valence-corrected chi connectivity index (χ2v) is 5.14. The van der Waals surface area contributed by atoms with Crippen molar-refractivity contribution in [3.63, 3.8) is 0 Å². The summed E-state index contributed by atoms with van der Waals surface area (Å²) in [4.78, 5) is 11.7. The molecule has 0 aromatic heterocycles. The molecule has 1 fully saturated rings. The first-order valence-electron chi connectivity index (χ1n) is 6.68. The minimum atomic E-state index is 0.143. The van der Waals surface area contributed by atoms with E-state index in [9.17, 15) is 4.79 Å². The van der Waals surface area contributed by atoms with Crippen LogP contribution in [0.1, 0.15) is 52.4 Å². The maximum Gasteiger partial charge on any atom is 0.222 e. The highest BCUT2D eigenvalue weighted by Gasteiger charge is 2.22. The predicted octanol–water partition coefficient (Wildman–Crippen LogP) is 2.06. The molecule has 0 aliphatic heterocycles. The Morgan fingerprint density at radius 3 is 2.75 bits per heavy atom. The number of hydrogen-bond donors (Lipinski definition) is 2. The third-order valence-corrected chi connectivity index (χ3v) is 3.68. The molecule has 0 bridgehead atoms. The fourth-order valence-electron chi connectivity index (χ4n) is 2.46. The van der Waals surface area contributed by atoms with Crippen LogP contribution in [-0.2, 0) is 4.79 Å². The van der Waals surface area contributed by atoms with Gasteiger partial charge in [-0.1, -0.05) is 33.1 Å². The van der Waals surface area contributed by atoms with Crippen molar-refractivity contribution in [1.29, 1.82) is 0 Å². The first-order valence-corrected chi connectivity index (χ1v) is 6.68. The Labute approximate surface area is 99.2 Å². The molecule has 1 aliphatic rings. The van der Waals surface area contributed by atoms with E-state index in [0.717, 1.165) is 25.8 Å². The van der Waals surface area contributed by atoms with E-state index < -0.39 is 0 Å². The first-order chi connectivity index (χ1) is 7.65. The first kappa shape index (κ1) is 13.5. The zero-order valence-electron chi connectivity index (χ0n) is 10.7. The maximum absolute atomic E-state index is 11.7. The van der Waals surface area contributed by atoms with Crippen LogP contribution in [-0.4, -0.2) is 18.5 Å². The smallest absolute Gasteiger partial charge is 0.222 e. The van der Waals surface area contributed by atoms with Crippen molar-refractivity contribution >= 4 is 5.91 Å². The summed E-state index contributed by atoms with van der Waals surface area (Å²) < 4.78 is 0. The molecular formula is C13H26N2O. The van der Waals surface area contributed by atoms with Crippen molar-refractivity contribution in [2.24, 2.45) is 17.6 Å². The Morgan fingerprint density at radius 1 is 1.44 bits per heavy atom. The van der Waals surface area contributed by atoms with Gasteiger partial charge in [-0.25, -0.2) is 0 Å². The van der Waals surface area contributed by atoms with Crippen molar-refractivity contribution in [2.75, 3.05) is 6.54 Å². The molecule has 0 aromatic rings. The number of rotatable bonds is 5. The van der Waals surface area contributed by atoms with Gasteiger partial charge in [0.25, 0.3) is 0 Å². The van der Waals surface area contributed by atoms with Crippen LogP contribution in [0, 0.1) is 11.8 Å². The molecule has 3 unspecified atom stereocenters. The van der Waals surface area contributed by atoms with Crippen LogP contribution in [0.4, 0.5) is 0 Å². The molecular weight excluding hydrogens is 200 g/mol. The molecule has 3 atom stereocenters. The zero-order chi connectivity index (χ0) is 12.0. The summed E-state index contributed by atoms with van der Waals surface area (Å²) >= 11 is 0. The van der Waals surface area contributed by atoms with Gasteiger partial charge in [0.1, 0.15) is 0 Å². The number of hydrogen-bond acceptors (Lipinski definition) is 2. The molecule has 94 valence electrons. The van der Waals surface area contributed by atoms with Gasteiger partial charge in [-0.05, 0) is 25.2 Å². The van der Waals surface area contributed by atoms with Gasteiger partial charge in [0.05, 0.1) is 0 Å². The normalized spacial score (nSPS) is 27.4. The van der Waals surface area contributed by atoms with Crippen molar-refractivity contribution in [3.8, 4) is 0 Å². The summed E-state index contributed by atoms with van der Waals surface area (Å²) in [6, 6.07) is 0.288. The van der Waals surface area contributed by atoms with Crippen LogP contribution in [0.15, 0.2) is 0 Å². The monoisotopic (exact) mass is 226 g/mol. The summed E-state index contributed by atoms with van der Waals surface area (Å²) in [5.41, 5.74) is 6.05. The van der Waals surface area contributed by atoms with E-state index >= 15 is 0 Å². The maximum atomic E-state index is 11.7. The molecule has 1 rings (SSSR count). The van der Waals surface area contributed by atoms with Crippen molar-refractivity contribution < 1.29 is 4.79 Å². The van der Waals surface area contributed by atoms with Gasteiger partial charge in [-0.15, -0.1) is 0 Å². The van der Waals surface area contributed by atoms with E-state index in [1.165, 1.54) is 19.3 Å². The zero-order valence-corrected chi connectivity index (χ0v) is 10.7. The van der Waals surface area contributed by atoms with Crippen LogP contribution < -0.4 is 11.1 Å². The van der Waals surface area contributed by atoms with Gasteiger partial charge < -0.3 is 11.1 Å². The second-order valence-electron chi connectivity index (χ2n) is 5.14. The molecule has 3 heteroatoms. The molecule has 1 aliphatic carbocycles. The highest BCUT2D eigenvalue weighted by molar-refractivity contribution is 5.78. The molecule has 3 N–H and O–H groups in total. The number of carbonyl (C=O) groups is 1. The topological polar surface area (TPSA) is 55.1 Å². The van der Waals surface area contributed by atoms with Gasteiger partial charge in [-0.3, -0.25) is 4.79 Å². The lowest BCUT2D eigenvalue weighted by molar-refractivity contribution is -0.124. The summed E-state index contributed by atoms with van der Waals surface area (Å²) in [5, 5.41) is 3.05. The molecule has 0 aromatic carbocycles. The van der Waals surface area contributed by atoms with E-state index in [0.29, 0.717) is 5.92 Å². The summed E-state index contributed by atoms with van der Waals surface area (Å²) in [6.07, 6.45) is 6.84. The van der Waals surface area contributed by atoms with Gasteiger partial charge in [0, 0.05) is 18.5 Å². The number of nitrogens with two attached hydrogens (primary N) is 1. The Bertz CT molecular complexity index is 218. The van der Waals surface area contributed by atoms with Crippen LogP contribution in [0.2, 0.25) is 0 Å². The van der Waals surface area contributed by atoms with Crippen molar-refractivity contribution in [2.45, 2.75) is 58.4 Å². The van der Waals surface area contributed by atoms with Crippen molar-refractivity contribution in [1.82, 2.24) is 5.32 Å². The van der Waals surface area contributed by atoms with E-state index in [4.69, 9.17) is 5.73 Å². The average Bonchev–Trinajstić information content (AvgIpc) is 2.28. The Morgan fingerprint density at radius 2 is 2.12 bits per heavy atom. The van der Waals surface area contributed by atoms with Gasteiger partial charge in [-0.2, -0.15) is 0 Å². The fraction of sp³-hybridized carbons (Fsp3) is 0.923. The Kier molecular flexibility index (Phi) is 5.81. The van der Waals surface area contributed by atoms with Gasteiger partial charge in [0.15, 0.2) is 0 Å². The lowest BCUT2D eigenvalue weighted by Gasteiger charge is -2.29. The van der Waals surface area contributed by atoms with E-state index in [1.54, 1.807) is 0 Å². The molecule has 1 amide bonds. The SMILES string of the molecule is CCCC(C)C(=O)NCC1CCCCC1N. The Hall–Kier alpha value is -0.570. The van der Waals surface area contributed by atoms with Crippen LogP contribution in [0.5, 0.6) is 0 Å². The van der Waals surface area contributed by atoms with E-state index in [2.05, 4.69) is 12.2 Å². The third-order valence-electron chi connectivity index (χ3n) is 3.68. The van der Waals surface area contributed by atoms with Crippen molar-refractivity contribution in [3.05, 3.63) is 0 Å². The van der Waals surface area contributed by atoms with Crippen LogP contribution in [0.25, 0.3) is 0 Å². The fourth-order valence-corrected chi connectivity index (χ4v) is 2.46. The lowest BCUT2D eigenvalue weighted by Crippen LogP contribution is -2.42.